The first-order chi connectivity index (χ1) is 5.86. The van der Waals surface area contributed by atoms with Gasteiger partial charge in [0.05, 0.1) is 0 Å². The molecule has 0 amide bonds. The molecule has 0 bridgehead atoms. The molecular weight excluding hydrogens is 172 g/mol. The summed E-state index contributed by atoms with van der Waals surface area (Å²) in [6.45, 7) is 1.96. The monoisotopic (exact) mass is 188 g/mol. The van der Waals surface area contributed by atoms with E-state index in [1.165, 1.54) is 32.1 Å². The van der Waals surface area contributed by atoms with Crippen molar-refractivity contribution in [2.75, 3.05) is 13.2 Å². The largest absolute Gasteiger partial charge is 0.381 e. The zero-order valence-electron chi connectivity index (χ0n) is 7.47. The molecule has 0 aromatic rings. The minimum absolute atomic E-state index is 0.464. The van der Waals surface area contributed by atoms with E-state index in [1.807, 2.05) is 0 Å². The minimum atomic E-state index is 0.464. The summed E-state index contributed by atoms with van der Waals surface area (Å²) in [5, 5.41) is 0.464. The molecule has 2 heteroatoms. The van der Waals surface area contributed by atoms with Crippen molar-refractivity contribution in [1.82, 2.24) is 0 Å². The third-order valence-electron chi connectivity index (χ3n) is 3.23. The van der Waals surface area contributed by atoms with E-state index in [0.29, 0.717) is 5.38 Å². The Morgan fingerprint density at radius 3 is 2.75 bits per heavy atom. The third-order valence-corrected chi connectivity index (χ3v) is 3.80. The molecule has 0 N–H and O–H groups in total. The topological polar surface area (TPSA) is 9.23 Å². The predicted molar refractivity (Wildman–Crippen MR) is 50.5 cm³/mol. The number of hydrogen-bond acceptors (Lipinski definition) is 1. The van der Waals surface area contributed by atoms with E-state index < -0.39 is 0 Å². The molecule has 3 unspecified atom stereocenters. The molecule has 12 heavy (non-hydrogen) atoms. The standard InChI is InChI=1S/C10H17ClO/c11-10-3-1-2-9(10)6-8-4-5-12-7-8/h8-10H,1-7H2. The van der Waals surface area contributed by atoms with Gasteiger partial charge in [-0.1, -0.05) is 6.42 Å². The fourth-order valence-electron chi connectivity index (χ4n) is 2.45. The fourth-order valence-corrected chi connectivity index (χ4v) is 2.84. The van der Waals surface area contributed by atoms with Crippen LogP contribution in [0, 0.1) is 11.8 Å². The molecular formula is C10H17ClO. The van der Waals surface area contributed by atoms with E-state index >= 15 is 0 Å². The highest BCUT2D eigenvalue weighted by atomic mass is 35.5. The van der Waals surface area contributed by atoms with Crippen LogP contribution in [0.4, 0.5) is 0 Å². The van der Waals surface area contributed by atoms with Gasteiger partial charge in [-0.05, 0) is 37.5 Å². The Kier molecular flexibility index (Phi) is 2.92. The van der Waals surface area contributed by atoms with Crippen LogP contribution in [0.1, 0.15) is 32.1 Å². The van der Waals surface area contributed by atoms with Gasteiger partial charge >= 0.3 is 0 Å². The van der Waals surface area contributed by atoms with E-state index in [9.17, 15) is 0 Å². The van der Waals surface area contributed by atoms with Gasteiger partial charge in [-0.25, -0.2) is 0 Å². The first kappa shape index (κ1) is 8.83. The van der Waals surface area contributed by atoms with Gasteiger partial charge < -0.3 is 4.74 Å². The van der Waals surface area contributed by atoms with Gasteiger partial charge in [0.15, 0.2) is 0 Å². The molecule has 1 nitrogen and oxygen atoms in total. The van der Waals surface area contributed by atoms with E-state index in [-0.39, 0.29) is 0 Å². The maximum absolute atomic E-state index is 6.22. The van der Waals surface area contributed by atoms with Gasteiger partial charge in [-0.2, -0.15) is 0 Å². The SMILES string of the molecule is ClC1CCCC1CC1CCOC1. The number of ether oxygens (including phenoxy) is 1. The molecule has 0 aromatic heterocycles. The van der Waals surface area contributed by atoms with Crippen LogP contribution in [0.25, 0.3) is 0 Å². The molecule has 1 saturated carbocycles. The van der Waals surface area contributed by atoms with Crippen LogP contribution in [0.2, 0.25) is 0 Å². The molecule has 0 aromatic carbocycles. The van der Waals surface area contributed by atoms with E-state index in [2.05, 4.69) is 0 Å². The van der Waals surface area contributed by atoms with Crippen LogP contribution in [-0.4, -0.2) is 18.6 Å². The molecule has 70 valence electrons. The van der Waals surface area contributed by atoms with Crippen molar-refractivity contribution in [3.05, 3.63) is 0 Å². The molecule has 1 aliphatic heterocycles. The smallest absolute Gasteiger partial charge is 0.0495 e. The Balaban J connectivity index is 1.77. The molecule has 1 saturated heterocycles. The minimum Gasteiger partial charge on any atom is -0.381 e. The van der Waals surface area contributed by atoms with Crippen LogP contribution < -0.4 is 0 Å². The van der Waals surface area contributed by atoms with Crippen molar-refractivity contribution < 1.29 is 4.74 Å². The van der Waals surface area contributed by atoms with Gasteiger partial charge in [-0.15, -0.1) is 11.6 Å². The summed E-state index contributed by atoms with van der Waals surface area (Å²) < 4.78 is 5.36. The summed E-state index contributed by atoms with van der Waals surface area (Å²) in [5.41, 5.74) is 0. The number of hydrogen-bond donors (Lipinski definition) is 0. The molecule has 2 rings (SSSR count). The summed E-state index contributed by atoms with van der Waals surface area (Å²) in [6.07, 6.45) is 6.51. The lowest BCUT2D eigenvalue weighted by Crippen LogP contribution is -2.13. The van der Waals surface area contributed by atoms with Gasteiger partial charge in [0.25, 0.3) is 0 Å². The summed E-state index contributed by atoms with van der Waals surface area (Å²) in [7, 11) is 0. The molecule has 1 aliphatic carbocycles. The van der Waals surface area contributed by atoms with Crippen LogP contribution in [-0.2, 0) is 4.74 Å². The maximum atomic E-state index is 6.22. The Labute approximate surface area is 79.4 Å². The second-order valence-corrected chi connectivity index (χ2v) is 4.73. The first-order valence-corrected chi connectivity index (χ1v) is 5.51. The number of rotatable bonds is 2. The lowest BCUT2D eigenvalue weighted by Gasteiger charge is -2.16. The fraction of sp³-hybridized carbons (Fsp3) is 1.00. The summed E-state index contributed by atoms with van der Waals surface area (Å²) in [4.78, 5) is 0. The normalized spacial score (nSPS) is 42.2. The molecule has 2 fully saturated rings. The second kappa shape index (κ2) is 3.97. The molecule has 1 heterocycles. The Hall–Kier alpha value is 0.250. The zero-order valence-corrected chi connectivity index (χ0v) is 8.22. The van der Waals surface area contributed by atoms with Crippen molar-refractivity contribution >= 4 is 11.6 Å². The molecule has 2 aliphatic rings. The highest BCUT2D eigenvalue weighted by molar-refractivity contribution is 6.20. The van der Waals surface area contributed by atoms with Gasteiger partial charge in [-0.3, -0.25) is 0 Å². The van der Waals surface area contributed by atoms with Crippen LogP contribution in [0.15, 0.2) is 0 Å². The Morgan fingerprint density at radius 1 is 1.25 bits per heavy atom. The Morgan fingerprint density at radius 2 is 2.17 bits per heavy atom. The van der Waals surface area contributed by atoms with Crippen molar-refractivity contribution in [3.63, 3.8) is 0 Å². The van der Waals surface area contributed by atoms with Gasteiger partial charge in [0.2, 0.25) is 0 Å². The lowest BCUT2D eigenvalue weighted by atomic mass is 9.93. The van der Waals surface area contributed by atoms with Crippen molar-refractivity contribution in [1.29, 1.82) is 0 Å². The zero-order chi connectivity index (χ0) is 8.39. The lowest BCUT2D eigenvalue weighted by molar-refractivity contribution is 0.180. The average molecular weight is 189 g/mol. The highest BCUT2D eigenvalue weighted by Crippen LogP contribution is 2.36. The van der Waals surface area contributed by atoms with E-state index in [0.717, 1.165) is 25.0 Å². The van der Waals surface area contributed by atoms with Gasteiger partial charge in [0.1, 0.15) is 0 Å². The first-order valence-electron chi connectivity index (χ1n) is 5.08. The maximum Gasteiger partial charge on any atom is 0.0495 e. The van der Waals surface area contributed by atoms with Crippen molar-refractivity contribution in [2.24, 2.45) is 11.8 Å². The predicted octanol–water partition coefficient (Wildman–Crippen LogP) is 2.82. The Bertz CT molecular complexity index is 143. The average Bonchev–Trinajstić information content (AvgIpc) is 2.65. The number of halogens is 1. The van der Waals surface area contributed by atoms with Crippen LogP contribution in [0.5, 0.6) is 0 Å². The second-order valence-electron chi connectivity index (χ2n) is 4.17. The van der Waals surface area contributed by atoms with E-state index in [1.54, 1.807) is 0 Å². The quantitative estimate of drug-likeness (QED) is 0.606. The van der Waals surface area contributed by atoms with Crippen LogP contribution in [0.3, 0.4) is 0 Å². The molecule has 0 radical (unpaired) electrons. The summed E-state index contributed by atoms with van der Waals surface area (Å²) in [5.74, 6) is 1.60. The third kappa shape index (κ3) is 1.94. The van der Waals surface area contributed by atoms with Crippen molar-refractivity contribution in [3.8, 4) is 0 Å². The van der Waals surface area contributed by atoms with Crippen LogP contribution >= 0.6 is 11.6 Å². The summed E-state index contributed by atoms with van der Waals surface area (Å²) >= 11 is 6.22. The number of alkyl halides is 1. The molecule has 3 atom stereocenters. The highest BCUT2D eigenvalue weighted by Gasteiger charge is 2.29. The molecule has 0 spiro atoms. The van der Waals surface area contributed by atoms with E-state index in [4.69, 9.17) is 16.3 Å². The van der Waals surface area contributed by atoms with Gasteiger partial charge in [0, 0.05) is 18.6 Å². The van der Waals surface area contributed by atoms with Crippen molar-refractivity contribution in [2.45, 2.75) is 37.5 Å². The summed E-state index contributed by atoms with van der Waals surface area (Å²) in [6, 6.07) is 0.